The summed E-state index contributed by atoms with van der Waals surface area (Å²) in [4.78, 5) is 3.84. The van der Waals surface area contributed by atoms with E-state index in [1.54, 1.807) is 12.3 Å². The van der Waals surface area contributed by atoms with E-state index in [2.05, 4.69) is 4.99 Å². The molecular formula is C8H5ClN2. The Balaban J connectivity index is 2.74. The van der Waals surface area contributed by atoms with Crippen molar-refractivity contribution in [3.8, 4) is 0 Å². The van der Waals surface area contributed by atoms with Crippen molar-refractivity contribution in [2.75, 3.05) is 0 Å². The Labute approximate surface area is 69.0 Å². The summed E-state index contributed by atoms with van der Waals surface area (Å²) in [7, 11) is 0. The van der Waals surface area contributed by atoms with Gasteiger partial charge < -0.3 is 0 Å². The van der Waals surface area contributed by atoms with Crippen LogP contribution in [0, 0.1) is 5.41 Å². The molecule has 0 bridgehead atoms. The first kappa shape index (κ1) is 6.55. The summed E-state index contributed by atoms with van der Waals surface area (Å²) in [5.74, 6) is 0.294. The number of aliphatic imine (C=N–C) groups is 1. The van der Waals surface area contributed by atoms with Gasteiger partial charge in [-0.25, -0.2) is 4.99 Å². The molecule has 0 atom stereocenters. The topological polar surface area (TPSA) is 36.2 Å². The fourth-order valence-electron chi connectivity index (χ4n) is 1.07. The molecule has 2 nitrogen and oxygen atoms in total. The van der Waals surface area contributed by atoms with E-state index in [4.69, 9.17) is 17.0 Å². The molecule has 3 heteroatoms. The Bertz CT molecular complexity index is 355. The molecule has 1 aromatic rings. The fraction of sp³-hybridized carbons (Fsp3) is 0. The Hall–Kier alpha value is -1.15. The van der Waals surface area contributed by atoms with Gasteiger partial charge in [-0.2, -0.15) is 0 Å². The highest BCUT2D eigenvalue weighted by Crippen LogP contribution is 2.22. The molecule has 0 fully saturated rings. The number of nitrogens with one attached hydrogen (secondary N) is 1. The molecule has 0 radical (unpaired) electrons. The van der Waals surface area contributed by atoms with E-state index >= 15 is 0 Å². The van der Waals surface area contributed by atoms with Crippen LogP contribution in [0.25, 0.3) is 0 Å². The van der Waals surface area contributed by atoms with E-state index in [0.717, 1.165) is 11.1 Å². The number of halogens is 1. The molecule has 1 aliphatic rings. The summed E-state index contributed by atoms with van der Waals surface area (Å²) in [6.45, 7) is 0. The number of hydrogen-bond donors (Lipinski definition) is 1. The van der Waals surface area contributed by atoms with Crippen molar-refractivity contribution in [2.45, 2.75) is 0 Å². The summed E-state index contributed by atoms with van der Waals surface area (Å²) in [5.41, 5.74) is 1.68. The molecule has 1 heterocycles. The number of benzene rings is 1. The van der Waals surface area contributed by atoms with E-state index in [0.29, 0.717) is 10.9 Å². The number of amidine groups is 1. The standard InChI is InChI=1S/C8H5ClN2/c9-7-3-1-2-5-6(7)4-11-8(5)10/h1-4,10H. The van der Waals surface area contributed by atoms with Crippen molar-refractivity contribution >= 4 is 23.7 Å². The molecular weight excluding hydrogens is 160 g/mol. The van der Waals surface area contributed by atoms with Crippen molar-refractivity contribution in [3.05, 3.63) is 34.3 Å². The minimum Gasteiger partial charge on any atom is -0.282 e. The van der Waals surface area contributed by atoms with Gasteiger partial charge in [-0.1, -0.05) is 23.7 Å². The van der Waals surface area contributed by atoms with Crippen LogP contribution in [0.15, 0.2) is 23.2 Å². The second kappa shape index (κ2) is 2.17. The molecule has 2 rings (SSSR count). The van der Waals surface area contributed by atoms with Crippen LogP contribution in [0.1, 0.15) is 11.1 Å². The molecule has 0 aromatic heterocycles. The zero-order chi connectivity index (χ0) is 7.84. The Morgan fingerprint density at radius 2 is 2.18 bits per heavy atom. The van der Waals surface area contributed by atoms with Gasteiger partial charge in [-0.05, 0) is 6.07 Å². The van der Waals surface area contributed by atoms with Gasteiger partial charge >= 0.3 is 0 Å². The monoisotopic (exact) mass is 164 g/mol. The second-order valence-electron chi connectivity index (χ2n) is 2.31. The van der Waals surface area contributed by atoms with Gasteiger partial charge in [0.2, 0.25) is 0 Å². The maximum absolute atomic E-state index is 7.37. The highest BCUT2D eigenvalue weighted by Gasteiger charge is 2.13. The fourth-order valence-corrected chi connectivity index (χ4v) is 1.30. The molecule has 0 saturated carbocycles. The van der Waals surface area contributed by atoms with Crippen molar-refractivity contribution in [1.29, 1.82) is 5.41 Å². The average molecular weight is 165 g/mol. The molecule has 11 heavy (non-hydrogen) atoms. The van der Waals surface area contributed by atoms with Gasteiger partial charge in [0.1, 0.15) is 0 Å². The molecule has 0 saturated heterocycles. The lowest BCUT2D eigenvalue weighted by Crippen LogP contribution is -1.90. The van der Waals surface area contributed by atoms with Gasteiger partial charge in [0.05, 0.1) is 5.02 Å². The van der Waals surface area contributed by atoms with Gasteiger partial charge in [0, 0.05) is 17.3 Å². The first-order valence-electron chi connectivity index (χ1n) is 3.20. The predicted molar refractivity (Wildman–Crippen MR) is 45.9 cm³/mol. The van der Waals surface area contributed by atoms with Crippen LogP contribution in [0.3, 0.4) is 0 Å². The van der Waals surface area contributed by atoms with Crippen LogP contribution in [0.2, 0.25) is 5.02 Å². The van der Waals surface area contributed by atoms with E-state index in [1.807, 2.05) is 12.1 Å². The molecule has 54 valence electrons. The zero-order valence-electron chi connectivity index (χ0n) is 5.63. The highest BCUT2D eigenvalue weighted by molar-refractivity contribution is 6.35. The average Bonchev–Trinajstić information content (AvgIpc) is 2.35. The lowest BCUT2D eigenvalue weighted by atomic mass is 10.1. The lowest BCUT2D eigenvalue weighted by Gasteiger charge is -1.96. The van der Waals surface area contributed by atoms with Crippen molar-refractivity contribution in [3.63, 3.8) is 0 Å². The number of nitrogens with zero attached hydrogens (tertiary/aromatic N) is 1. The Kier molecular flexibility index (Phi) is 1.29. The number of hydrogen-bond acceptors (Lipinski definition) is 1. The van der Waals surface area contributed by atoms with Crippen LogP contribution in [-0.2, 0) is 0 Å². The quantitative estimate of drug-likeness (QED) is 0.610. The molecule has 0 spiro atoms. The maximum atomic E-state index is 7.37. The van der Waals surface area contributed by atoms with Crippen molar-refractivity contribution in [1.82, 2.24) is 0 Å². The predicted octanol–water partition coefficient (Wildman–Crippen LogP) is 2.10. The van der Waals surface area contributed by atoms with E-state index in [-0.39, 0.29) is 0 Å². The largest absolute Gasteiger partial charge is 0.282 e. The van der Waals surface area contributed by atoms with E-state index in [9.17, 15) is 0 Å². The summed E-state index contributed by atoms with van der Waals surface area (Å²) < 4.78 is 0. The first-order chi connectivity index (χ1) is 5.29. The molecule has 1 aromatic carbocycles. The molecule has 0 amide bonds. The number of rotatable bonds is 0. The van der Waals surface area contributed by atoms with Gasteiger partial charge in [0.25, 0.3) is 0 Å². The van der Waals surface area contributed by atoms with Gasteiger partial charge in [-0.3, -0.25) is 5.41 Å². The summed E-state index contributed by atoms with van der Waals surface area (Å²) in [6, 6.07) is 5.46. The zero-order valence-corrected chi connectivity index (χ0v) is 6.39. The smallest absolute Gasteiger partial charge is 0.152 e. The maximum Gasteiger partial charge on any atom is 0.152 e. The van der Waals surface area contributed by atoms with E-state index in [1.165, 1.54) is 0 Å². The first-order valence-corrected chi connectivity index (χ1v) is 3.58. The molecule has 1 aliphatic heterocycles. The third-order valence-electron chi connectivity index (χ3n) is 1.63. The lowest BCUT2D eigenvalue weighted by molar-refractivity contribution is 1.45. The van der Waals surface area contributed by atoms with Crippen molar-refractivity contribution in [2.24, 2.45) is 4.99 Å². The number of fused-ring (bicyclic) bond motifs is 1. The van der Waals surface area contributed by atoms with Crippen LogP contribution in [0.4, 0.5) is 0 Å². The summed E-state index contributed by atoms with van der Waals surface area (Å²) >= 11 is 5.85. The summed E-state index contributed by atoms with van der Waals surface area (Å²) in [5, 5.41) is 8.03. The van der Waals surface area contributed by atoms with Crippen LogP contribution in [0.5, 0.6) is 0 Å². The normalized spacial score (nSPS) is 13.7. The van der Waals surface area contributed by atoms with Crippen LogP contribution in [-0.4, -0.2) is 12.1 Å². The van der Waals surface area contributed by atoms with Gasteiger partial charge in [0.15, 0.2) is 5.84 Å². The second-order valence-corrected chi connectivity index (χ2v) is 2.72. The van der Waals surface area contributed by atoms with Crippen molar-refractivity contribution < 1.29 is 0 Å². The molecule has 1 N–H and O–H groups in total. The third-order valence-corrected chi connectivity index (χ3v) is 1.96. The van der Waals surface area contributed by atoms with E-state index < -0.39 is 0 Å². The van der Waals surface area contributed by atoms with Gasteiger partial charge in [-0.15, -0.1) is 0 Å². The Morgan fingerprint density at radius 3 is 2.91 bits per heavy atom. The SMILES string of the molecule is N=C1N=Cc2c(Cl)cccc21. The minimum atomic E-state index is 0.294. The van der Waals surface area contributed by atoms with Crippen LogP contribution >= 0.6 is 11.6 Å². The molecule has 0 unspecified atom stereocenters. The van der Waals surface area contributed by atoms with Crippen LogP contribution < -0.4 is 0 Å². The molecule has 0 aliphatic carbocycles. The highest BCUT2D eigenvalue weighted by atomic mass is 35.5. The minimum absolute atomic E-state index is 0.294. The third kappa shape index (κ3) is 0.870. The summed E-state index contributed by atoms with van der Waals surface area (Å²) in [6.07, 6.45) is 1.62. The Morgan fingerprint density at radius 1 is 1.36 bits per heavy atom.